The zero-order valence-electron chi connectivity index (χ0n) is 9.61. The number of hydrogen-bond acceptors (Lipinski definition) is 2. The van der Waals surface area contributed by atoms with Gasteiger partial charge in [-0.3, -0.25) is 4.79 Å². The van der Waals surface area contributed by atoms with Crippen molar-refractivity contribution in [3.8, 4) is 0 Å². The van der Waals surface area contributed by atoms with Crippen LogP contribution in [0.4, 0.5) is 0 Å². The Morgan fingerprint density at radius 2 is 2.06 bits per heavy atom. The average Bonchev–Trinajstić information content (AvgIpc) is 2.25. The van der Waals surface area contributed by atoms with Gasteiger partial charge in [-0.2, -0.15) is 0 Å². The molecule has 1 aromatic rings. The standard InChI is InChI=1S/C12H17ClN2O/c1-9(2)15(8-7-14)12(16)10-5-3-4-6-11(10)13/h3-6,9H,7-8,14H2,1-2H3. The second-order valence-electron chi connectivity index (χ2n) is 3.86. The summed E-state index contributed by atoms with van der Waals surface area (Å²) in [6.45, 7) is 4.92. The summed E-state index contributed by atoms with van der Waals surface area (Å²) in [5.41, 5.74) is 6.03. The van der Waals surface area contributed by atoms with Crippen LogP contribution in [-0.4, -0.2) is 29.9 Å². The lowest BCUT2D eigenvalue weighted by atomic mass is 10.1. The fourth-order valence-corrected chi connectivity index (χ4v) is 1.74. The largest absolute Gasteiger partial charge is 0.335 e. The summed E-state index contributed by atoms with van der Waals surface area (Å²) in [5, 5.41) is 0.482. The number of hydrogen-bond donors (Lipinski definition) is 1. The zero-order valence-corrected chi connectivity index (χ0v) is 10.4. The van der Waals surface area contributed by atoms with Crippen molar-refractivity contribution in [3.05, 3.63) is 34.9 Å². The van der Waals surface area contributed by atoms with E-state index in [4.69, 9.17) is 17.3 Å². The maximum absolute atomic E-state index is 12.2. The first-order valence-corrected chi connectivity index (χ1v) is 5.71. The molecule has 0 bridgehead atoms. The molecule has 1 amide bonds. The minimum absolute atomic E-state index is 0.0638. The topological polar surface area (TPSA) is 46.3 Å². The number of carbonyl (C=O) groups is 1. The Morgan fingerprint density at radius 1 is 1.44 bits per heavy atom. The first-order valence-electron chi connectivity index (χ1n) is 5.33. The van der Waals surface area contributed by atoms with E-state index in [2.05, 4.69) is 0 Å². The number of benzene rings is 1. The lowest BCUT2D eigenvalue weighted by Gasteiger charge is -2.26. The third-order valence-electron chi connectivity index (χ3n) is 2.36. The quantitative estimate of drug-likeness (QED) is 0.877. The van der Waals surface area contributed by atoms with Gasteiger partial charge in [-0.1, -0.05) is 23.7 Å². The third-order valence-corrected chi connectivity index (χ3v) is 2.69. The Balaban J connectivity index is 2.95. The van der Waals surface area contributed by atoms with E-state index >= 15 is 0 Å². The highest BCUT2D eigenvalue weighted by Crippen LogP contribution is 2.17. The molecule has 2 N–H and O–H groups in total. The summed E-state index contributed by atoms with van der Waals surface area (Å²) < 4.78 is 0. The minimum atomic E-state index is -0.0638. The summed E-state index contributed by atoms with van der Waals surface area (Å²) in [5.74, 6) is -0.0638. The van der Waals surface area contributed by atoms with Gasteiger partial charge in [0.1, 0.15) is 0 Å². The molecular weight excluding hydrogens is 224 g/mol. The highest BCUT2D eigenvalue weighted by atomic mass is 35.5. The number of nitrogens with two attached hydrogens (primary N) is 1. The SMILES string of the molecule is CC(C)N(CCN)C(=O)c1ccccc1Cl. The molecular formula is C12H17ClN2O. The summed E-state index contributed by atoms with van der Waals surface area (Å²) in [6, 6.07) is 7.18. The monoisotopic (exact) mass is 240 g/mol. The van der Waals surface area contributed by atoms with Gasteiger partial charge in [0.05, 0.1) is 10.6 Å². The molecule has 4 heteroatoms. The van der Waals surface area contributed by atoms with Crippen molar-refractivity contribution in [2.75, 3.05) is 13.1 Å². The third kappa shape index (κ3) is 2.97. The van der Waals surface area contributed by atoms with Crippen molar-refractivity contribution in [1.29, 1.82) is 0 Å². The lowest BCUT2D eigenvalue weighted by molar-refractivity contribution is 0.0712. The first-order chi connectivity index (χ1) is 7.57. The van der Waals surface area contributed by atoms with Crippen molar-refractivity contribution in [3.63, 3.8) is 0 Å². The van der Waals surface area contributed by atoms with Crippen molar-refractivity contribution >= 4 is 17.5 Å². The van der Waals surface area contributed by atoms with Crippen LogP contribution in [0.25, 0.3) is 0 Å². The number of carbonyl (C=O) groups excluding carboxylic acids is 1. The fourth-order valence-electron chi connectivity index (χ4n) is 1.52. The molecule has 0 aromatic heterocycles. The lowest BCUT2D eigenvalue weighted by Crippen LogP contribution is -2.40. The van der Waals surface area contributed by atoms with Gasteiger partial charge in [-0.05, 0) is 26.0 Å². The van der Waals surface area contributed by atoms with E-state index < -0.39 is 0 Å². The highest BCUT2D eigenvalue weighted by molar-refractivity contribution is 6.33. The fraction of sp³-hybridized carbons (Fsp3) is 0.417. The molecule has 88 valence electrons. The Hall–Kier alpha value is -1.06. The normalized spacial score (nSPS) is 10.6. The first kappa shape index (κ1) is 13.0. The summed E-state index contributed by atoms with van der Waals surface area (Å²) >= 11 is 5.99. The van der Waals surface area contributed by atoms with Crippen LogP contribution in [0, 0.1) is 0 Å². The van der Waals surface area contributed by atoms with Crippen LogP contribution in [0.15, 0.2) is 24.3 Å². The molecule has 0 atom stereocenters. The van der Waals surface area contributed by atoms with Crippen LogP contribution < -0.4 is 5.73 Å². The predicted octanol–water partition coefficient (Wildman–Crippen LogP) is 2.15. The maximum Gasteiger partial charge on any atom is 0.255 e. The molecule has 0 radical (unpaired) electrons. The molecule has 0 heterocycles. The van der Waals surface area contributed by atoms with E-state index in [9.17, 15) is 4.79 Å². The molecule has 0 aliphatic carbocycles. The zero-order chi connectivity index (χ0) is 12.1. The number of rotatable bonds is 4. The van der Waals surface area contributed by atoms with Gasteiger partial charge in [0, 0.05) is 19.1 Å². The molecule has 1 aromatic carbocycles. The van der Waals surface area contributed by atoms with Crippen LogP contribution in [0.3, 0.4) is 0 Å². The molecule has 1 rings (SSSR count). The van der Waals surface area contributed by atoms with E-state index in [0.717, 1.165) is 0 Å². The molecule has 0 fully saturated rings. The van der Waals surface area contributed by atoms with Gasteiger partial charge in [0.25, 0.3) is 5.91 Å². The molecule has 0 unspecified atom stereocenters. The molecule has 16 heavy (non-hydrogen) atoms. The number of amides is 1. The van der Waals surface area contributed by atoms with Gasteiger partial charge < -0.3 is 10.6 Å². The molecule has 3 nitrogen and oxygen atoms in total. The van der Waals surface area contributed by atoms with E-state index in [1.54, 1.807) is 23.1 Å². The number of nitrogens with zero attached hydrogens (tertiary/aromatic N) is 1. The van der Waals surface area contributed by atoms with Gasteiger partial charge >= 0.3 is 0 Å². The van der Waals surface area contributed by atoms with Gasteiger partial charge in [-0.25, -0.2) is 0 Å². The van der Waals surface area contributed by atoms with Crippen LogP contribution >= 0.6 is 11.6 Å². The van der Waals surface area contributed by atoms with Crippen LogP contribution in [0.2, 0.25) is 5.02 Å². The molecule has 0 saturated heterocycles. The van der Waals surface area contributed by atoms with Crippen molar-refractivity contribution in [2.24, 2.45) is 5.73 Å². The van der Waals surface area contributed by atoms with Gasteiger partial charge in [0.2, 0.25) is 0 Å². The summed E-state index contributed by atoms with van der Waals surface area (Å²) in [4.78, 5) is 13.9. The average molecular weight is 241 g/mol. The Morgan fingerprint density at radius 3 is 2.56 bits per heavy atom. The second-order valence-corrected chi connectivity index (χ2v) is 4.27. The Labute approximate surface area is 101 Å². The maximum atomic E-state index is 12.2. The molecule has 0 saturated carbocycles. The second kappa shape index (κ2) is 5.87. The van der Waals surface area contributed by atoms with Crippen LogP contribution in [0.1, 0.15) is 24.2 Å². The van der Waals surface area contributed by atoms with E-state index in [-0.39, 0.29) is 11.9 Å². The smallest absolute Gasteiger partial charge is 0.255 e. The highest BCUT2D eigenvalue weighted by Gasteiger charge is 2.19. The molecule has 0 aliphatic heterocycles. The summed E-state index contributed by atoms with van der Waals surface area (Å²) in [7, 11) is 0. The molecule has 0 spiro atoms. The van der Waals surface area contributed by atoms with E-state index in [0.29, 0.717) is 23.7 Å². The van der Waals surface area contributed by atoms with Crippen LogP contribution in [0.5, 0.6) is 0 Å². The summed E-state index contributed by atoms with van der Waals surface area (Å²) in [6.07, 6.45) is 0. The minimum Gasteiger partial charge on any atom is -0.335 e. The van der Waals surface area contributed by atoms with E-state index in [1.807, 2.05) is 19.9 Å². The molecule has 0 aliphatic rings. The van der Waals surface area contributed by atoms with Gasteiger partial charge in [0.15, 0.2) is 0 Å². The van der Waals surface area contributed by atoms with Crippen molar-refractivity contribution < 1.29 is 4.79 Å². The Kier molecular flexibility index (Phi) is 4.77. The van der Waals surface area contributed by atoms with Crippen molar-refractivity contribution in [2.45, 2.75) is 19.9 Å². The number of halogens is 1. The predicted molar refractivity (Wildman–Crippen MR) is 66.7 cm³/mol. The Bertz CT molecular complexity index is 366. The van der Waals surface area contributed by atoms with Crippen molar-refractivity contribution in [1.82, 2.24) is 4.90 Å². The van der Waals surface area contributed by atoms with E-state index in [1.165, 1.54) is 0 Å². The van der Waals surface area contributed by atoms with Crippen LogP contribution in [-0.2, 0) is 0 Å². The van der Waals surface area contributed by atoms with Gasteiger partial charge in [-0.15, -0.1) is 0 Å².